The topological polar surface area (TPSA) is 64.5 Å². The quantitative estimate of drug-likeness (QED) is 0.720. The Bertz CT molecular complexity index is 734. The molecule has 0 aromatic carbocycles. The van der Waals surface area contributed by atoms with Gasteiger partial charge < -0.3 is 0 Å². The van der Waals surface area contributed by atoms with Crippen LogP contribution >= 0.6 is 0 Å². The number of pyridine rings is 2. The van der Waals surface area contributed by atoms with Crippen LogP contribution in [0, 0.1) is 20.8 Å². The van der Waals surface area contributed by atoms with Crippen molar-refractivity contribution in [3.05, 3.63) is 53.6 Å². The average Bonchev–Trinajstić information content (AvgIpc) is 2.46. The molecule has 0 atom stereocenters. The summed E-state index contributed by atoms with van der Waals surface area (Å²) in [6.07, 6.45) is 3.52. The Morgan fingerprint density at radius 3 is 1.57 bits per heavy atom. The van der Waals surface area contributed by atoms with Crippen LogP contribution < -0.4 is 0 Å². The largest absolute Gasteiger partial charge is 0.253 e. The zero-order valence-electron chi connectivity index (χ0n) is 12.2. The van der Waals surface area contributed by atoms with Gasteiger partial charge in [-0.15, -0.1) is 0 Å². The Morgan fingerprint density at radius 1 is 0.667 bits per heavy atom. The summed E-state index contributed by atoms with van der Waals surface area (Å²) in [7, 11) is 0. The summed E-state index contributed by atoms with van der Waals surface area (Å²) < 4.78 is 0. The summed E-state index contributed by atoms with van der Waals surface area (Å²) in [5.41, 5.74) is 3.73. The molecule has 0 amide bonds. The van der Waals surface area contributed by atoms with Crippen molar-refractivity contribution in [3.8, 4) is 23.0 Å². The van der Waals surface area contributed by atoms with E-state index in [0.29, 0.717) is 17.5 Å². The van der Waals surface area contributed by atoms with Gasteiger partial charge in [0.05, 0.1) is 0 Å². The van der Waals surface area contributed by atoms with Crippen molar-refractivity contribution in [1.29, 1.82) is 0 Å². The van der Waals surface area contributed by atoms with Crippen LogP contribution in [-0.2, 0) is 0 Å². The molecule has 0 bridgehead atoms. The maximum Gasteiger partial charge on any atom is 0.182 e. The molecule has 0 spiro atoms. The van der Waals surface area contributed by atoms with E-state index in [1.54, 1.807) is 12.4 Å². The van der Waals surface area contributed by atoms with E-state index in [2.05, 4.69) is 24.9 Å². The molecule has 0 aliphatic heterocycles. The van der Waals surface area contributed by atoms with Crippen molar-refractivity contribution < 1.29 is 0 Å². The van der Waals surface area contributed by atoms with Crippen LogP contribution in [0.15, 0.2) is 36.7 Å². The molecule has 0 N–H and O–H groups in total. The normalized spacial score (nSPS) is 10.6. The first-order valence-corrected chi connectivity index (χ1v) is 6.70. The van der Waals surface area contributed by atoms with E-state index in [0.717, 1.165) is 22.5 Å². The average molecular weight is 277 g/mol. The molecular weight excluding hydrogens is 262 g/mol. The van der Waals surface area contributed by atoms with Gasteiger partial charge >= 0.3 is 0 Å². The number of aryl methyl sites for hydroxylation is 3. The molecule has 3 rings (SSSR count). The summed E-state index contributed by atoms with van der Waals surface area (Å²) in [6, 6.07) is 7.81. The Hall–Kier alpha value is -2.69. The fraction of sp³-hybridized carbons (Fsp3) is 0.188. The van der Waals surface area contributed by atoms with Gasteiger partial charge in [0, 0.05) is 12.4 Å². The molecule has 0 fully saturated rings. The first-order chi connectivity index (χ1) is 10.1. The maximum atomic E-state index is 4.51. The molecule has 0 saturated heterocycles. The van der Waals surface area contributed by atoms with E-state index in [9.17, 15) is 0 Å². The van der Waals surface area contributed by atoms with E-state index in [-0.39, 0.29) is 0 Å². The van der Waals surface area contributed by atoms with Gasteiger partial charge in [-0.05, 0) is 56.2 Å². The number of nitrogens with zero attached hydrogens (tertiary/aromatic N) is 5. The molecular formula is C16H15N5. The van der Waals surface area contributed by atoms with Crippen LogP contribution in [-0.4, -0.2) is 24.9 Å². The van der Waals surface area contributed by atoms with E-state index in [1.807, 2.05) is 45.0 Å². The van der Waals surface area contributed by atoms with E-state index in [4.69, 9.17) is 0 Å². The molecule has 5 nitrogen and oxygen atoms in total. The molecule has 3 heterocycles. The Balaban J connectivity index is 2.12. The lowest BCUT2D eigenvalue weighted by molar-refractivity contribution is 0.974. The lowest BCUT2D eigenvalue weighted by atomic mass is 10.2. The van der Waals surface area contributed by atoms with Gasteiger partial charge in [0.25, 0.3) is 0 Å². The van der Waals surface area contributed by atoms with Crippen LogP contribution in [0.3, 0.4) is 0 Å². The highest BCUT2D eigenvalue weighted by atomic mass is 15.1. The number of hydrogen-bond donors (Lipinski definition) is 0. The molecule has 21 heavy (non-hydrogen) atoms. The van der Waals surface area contributed by atoms with Crippen LogP contribution in [0.2, 0.25) is 0 Å². The minimum Gasteiger partial charge on any atom is -0.253 e. The van der Waals surface area contributed by atoms with E-state index >= 15 is 0 Å². The zero-order chi connectivity index (χ0) is 14.8. The summed E-state index contributed by atoms with van der Waals surface area (Å²) in [6.45, 7) is 5.88. The van der Waals surface area contributed by atoms with Crippen molar-refractivity contribution in [2.45, 2.75) is 20.8 Å². The molecule has 0 unspecified atom stereocenters. The highest BCUT2D eigenvalue weighted by Gasteiger charge is 2.10. The summed E-state index contributed by atoms with van der Waals surface area (Å²) >= 11 is 0. The van der Waals surface area contributed by atoms with Crippen LogP contribution in [0.25, 0.3) is 23.0 Å². The monoisotopic (exact) mass is 277 g/mol. The fourth-order valence-corrected chi connectivity index (χ4v) is 2.03. The van der Waals surface area contributed by atoms with Gasteiger partial charge in [-0.2, -0.15) is 0 Å². The van der Waals surface area contributed by atoms with Gasteiger partial charge in [-0.3, -0.25) is 9.97 Å². The zero-order valence-corrected chi connectivity index (χ0v) is 12.2. The third-order valence-electron chi connectivity index (χ3n) is 3.04. The minimum atomic E-state index is 0.574. The van der Waals surface area contributed by atoms with Crippen LogP contribution in [0.1, 0.15) is 17.0 Å². The standard InChI is InChI=1S/C16H15N5/c1-10-4-6-17-13(8-10)15-19-12(3)20-16(21-15)14-9-11(2)5-7-18-14/h4-9H,1-3H3. The van der Waals surface area contributed by atoms with E-state index in [1.165, 1.54) is 0 Å². The second-order valence-electron chi connectivity index (χ2n) is 4.97. The highest BCUT2D eigenvalue weighted by Crippen LogP contribution is 2.18. The summed E-state index contributed by atoms with van der Waals surface area (Å²) in [5.74, 6) is 1.80. The van der Waals surface area contributed by atoms with Gasteiger partial charge in [-0.25, -0.2) is 15.0 Å². The lowest BCUT2D eigenvalue weighted by Gasteiger charge is -2.05. The molecule has 5 heteroatoms. The molecule has 0 saturated carbocycles. The minimum absolute atomic E-state index is 0.574. The van der Waals surface area contributed by atoms with Gasteiger partial charge in [0.15, 0.2) is 11.6 Å². The van der Waals surface area contributed by atoms with Gasteiger partial charge in [0.1, 0.15) is 17.2 Å². The fourth-order valence-electron chi connectivity index (χ4n) is 2.03. The molecule has 0 aliphatic rings. The van der Waals surface area contributed by atoms with Gasteiger partial charge in [0.2, 0.25) is 0 Å². The van der Waals surface area contributed by atoms with Crippen LogP contribution in [0.4, 0.5) is 0 Å². The number of aromatic nitrogens is 5. The van der Waals surface area contributed by atoms with Gasteiger partial charge in [-0.1, -0.05) is 0 Å². The SMILES string of the molecule is Cc1ccnc(-c2nc(C)nc(-c3cc(C)ccn3)n2)c1. The molecule has 3 aromatic rings. The summed E-state index contributed by atoms with van der Waals surface area (Å²) in [4.78, 5) is 21.9. The van der Waals surface area contributed by atoms with E-state index < -0.39 is 0 Å². The second kappa shape index (κ2) is 5.36. The lowest BCUT2D eigenvalue weighted by Crippen LogP contribution is -2.01. The Labute approximate surface area is 123 Å². The maximum absolute atomic E-state index is 4.51. The molecule has 0 aliphatic carbocycles. The van der Waals surface area contributed by atoms with Crippen LogP contribution in [0.5, 0.6) is 0 Å². The van der Waals surface area contributed by atoms with Crippen molar-refractivity contribution in [2.75, 3.05) is 0 Å². The van der Waals surface area contributed by atoms with Crippen molar-refractivity contribution in [3.63, 3.8) is 0 Å². The molecule has 104 valence electrons. The third kappa shape index (κ3) is 2.91. The first-order valence-electron chi connectivity index (χ1n) is 6.70. The second-order valence-corrected chi connectivity index (χ2v) is 4.97. The predicted octanol–water partition coefficient (Wildman–Crippen LogP) is 2.92. The summed E-state index contributed by atoms with van der Waals surface area (Å²) in [5, 5.41) is 0. The molecule has 0 radical (unpaired) electrons. The third-order valence-corrected chi connectivity index (χ3v) is 3.04. The Morgan fingerprint density at radius 2 is 1.14 bits per heavy atom. The highest BCUT2D eigenvalue weighted by molar-refractivity contribution is 5.56. The predicted molar refractivity (Wildman–Crippen MR) is 80.5 cm³/mol. The van der Waals surface area contributed by atoms with Crippen molar-refractivity contribution in [2.24, 2.45) is 0 Å². The smallest absolute Gasteiger partial charge is 0.182 e. The Kier molecular flexibility index (Phi) is 3.39. The van der Waals surface area contributed by atoms with Crippen molar-refractivity contribution in [1.82, 2.24) is 24.9 Å². The number of hydrogen-bond acceptors (Lipinski definition) is 5. The molecule has 3 aromatic heterocycles. The number of rotatable bonds is 2. The first kappa shape index (κ1) is 13.3. The van der Waals surface area contributed by atoms with Crippen molar-refractivity contribution >= 4 is 0 Å².